The number of hydrogen-bond acceptors (Lipinski definition) is 1. The van der Waals surface area contributed by atoms with Crippen molar-refractivity contribution in [3.8, 4) is 11.1 Å². The lowest BCUT2D eigenvalue weighted by Crippen LogP contribution is -2.15. The van der Waals surface area contributed by atoms with E-state index in [0.717, 1.165) is 12.3 Å². The van der Waals surface area contributed by atoms with Crippen LogP contribution in [-0.4, -0.2) is 7.05 Å². The van der Waals surface area contributed by atoms with Gasteiger partial charge in [0.15, 0.2) is 0 Å². The van der Waals surface area contributed by atoms with Crippen molar-refractivity contribution in [2.45, 2.75) is 44.6 Å². The Hall–Kier alpha value is -1.60. The molecule has 21 heavy (non-hydrogen) atoms. The molecular weight excluding hydrogens is 254 g/mol. The second-order valence-corrected chi connectivity index (χ2v) is 6.09. The van der Waals surface area contributed by atoms with Crippen molar-refractivity contribution in [3.63, 3.8) is 0 Å². The maximum Gasteiger partial charge on any atom is 0.0314 e. The van der Waals surface area contributed by atoms with Crippen LogP contribution in [0.15, 0.2) is 48.5 Å². The summed E-state index contributed by atoms with van der Waals surface area (Å²) in [4.78, 5) is 0. The van der Waals surface area contributed by atoms with Crippen LogP contribution in [0.5, 0.6) is 0 Å². The fourth-order valence-electron chi connectivity index (χ4n) is 3.34. The molecule has 1 atom stereocenters. The van der Waals surface area contributed by atoms with E-state index < -0.39 is 0 Å². The minimum Gasteiger partial charge on any atom is -0.313 e. The third-order valence-electron chi connectivity index (χ3n) is 4.89. The molecule has 0 aromatic heterocycles. The molecule has 1 heteroatoms. The van der Waals surface area contributed by atoms with Crippen molar-refractivity contribution in [2.24, 2.45) is 0 Å². The van der Waals surface area contributed by atoms with Gasteiger partial charge in [0, 0.05) is 6.04 Å². The molecule has 1 unspecified atom stereocenters. The molecule has 3 rings (SSSR count). The molecule has 0 bridgehead atoms. The molecule has 1 nitrogen and oxygen atoms in total. The lowest BCUT2D eigenvalue weighted by atomic mass is 9.77. The van der Waals surface area contributed by atoms with Crippen LogP contribution in [0.3, 0.4) is 0 Å². The Labute approximate surface area is 128 Å². The molecule has 0 aliphatic heterocycles. The number of nitrogens with one attached hydrogen (secondary N) is 1. The van der Waals surface area contributed by atoms with E-state index in [9.17, 15) is 0 Å². The highest BCUT2D eigenvalue weighted by atomic mass is 14.9. The van der Waals surface area contributed by atoms with Crippen molar-refractivity contribution in [2.75, 3.05) is 7.05 Å². The van der Waals surface area contributed by atoms with Crippen LogP contribution in [0.4, 0.5) is 0 Å². The van der Waals surface area contributed by atoms with Gasteiger partial charge in [-0.2, -0.15) is 0 Å². The van der Waals surface area contributed by atoms with Gasteiger partial charge >= 0.3 is 0 Å². The number of hydrogen-bond donors (Lipinski definition) is 1. The maximum atomic E-state index is 3.38. The molecule has 0 radical (unpaired) electrons. The molecule has 0 saturated heterocycles. The van der Waals surface area contributed by atoms with E-state index in [0.29, 0.717) is 6.04 Å². The van der Waals surface area contributed by atoms with E-state index in [-0.39, 0.29) is 0 Å². The second kappa shape index (κ2) is 6.44. The Kier molecular flexibility index (Phi) is 4.40. The minimum absolute atomic E-state index is 0.459. The summed E-state index contributed by atoms with van der Waals surface area (Å²) < 4.78 is 0. The molecule has 2 aromatic carbocycles. The molecule has 1 saturated carbocycles. The summed E-state index contributed by atoms with van der Waals surface area (Å²) in [5.41, 5.74) is 5.69. The molecule has 0 amide bonds. The largest absolute Gasteiger partial charge is 0.313 e. The maximum absolute atomic E-state index is 3.38. The molecular formula is C20H25N. The Morgan fingerprint density at radius 2 is 1.76 bits per heavy atom. The van der Waals surface area contributed by atoms with Crippen LogP contribution < -0.4 is 5.32 Å². The van der Waals surface area contributed by atoms with Gasteiger partial charge in [-0.1, -0.05) is 61.9 Å². The first kappa shape index (κ1) is 14.3. The van der Waals surface area contributed by atoms with Gasteiger partial charge in [-0.3, -0.25) is 0 Å². The Morgan fingerprint density at radius 3 is 2.33 bits per heavy atom. The third kappa shape index (κ3) is 2.89. The zero-order valence-corrected chi connectivity index (χ0v) is 13.1. The number of rotatable bonds is 5. The molecule has 1 aliphatic carbocycles. The highest BCUT2D eigenvalue weighted by Crippen LogP contribution is 2.41. The monoisotopic (exact) mass is 279 g/mol. The summed E-state index contributed by atoms with van der Waals surface area (Å²) in [6, 6.07) is 18.5. The van der Waals surface area contributed by atoms with Crippen LogP contribution in [0.1, 0.15) is 55.7 Å². The highest BCUT2D eigenvalue weighted by molar-refractivity contribution is 5.68. The first-order valence-electron chi connectivity index (χ1n) is 8.20. The topological polar surface area (TPSA) is 12.0 Å². The zero-order valence-electron chi connectivity index (χ0n) is 13.1. The van der Waals surface area contributed by atoms with Gasteiger partial charge in [-0.25, -0.2) is 0 Å². The molecule has 1 N–H and O–H groups in total. The van der Waals surface area contributed by atoms with E-state index in [1.165, 1.54) is 41.5 Å². The highest BCUT2D eigenvalue weighted by Gasteiger charge is 2.22. The van der Waals surface area contributed by atoms with Gasteiger partial charge in [0.25, 0.3) is 0 Å². The normalized spacial score (nSPS) is 16.5. The van der Waals surface area contributed by atoms with Crippen molar-refractivity contribution >= 4 is 0 Å². The summed E-state index contributed by atoms with van der Waals surface area (Å²) in [5.74, 6) is 0.779. The van der Waals surface area contributed by atoms with Gasteiger partial charge in [-0.15, -0.1) is 0 Å². The molecule has 2 aromatic rings. The Morgan fingerprint density at radius 1 is 1.05 bits per heavy atom. The van der Waals surface area contributed by atoms with E-state index >= 15 is 0 Å². The van der Waals surface area contributed by atoms with Crippen LogP contribution in [-0.2, 0) is 0 Å². The second-order valence-electron chi connectivity index (χ2n) is 6.09. The molecule has 110 valence electrons. The van der Waals surface area contributed by atoms with Crippen molar-refractivity contribution < 1.29 is 0 Å². The van der Waals surface area contributed by atoms with E-state index in [1.54, 1.807) is 0 Å². The van der Waals surface area contributed by atoms with Gasteiger partial charge in [-0.05, 0) is 54.5 Å². The molecule has 1 aliphatic rings. The standard InChI is InChI=1S/C20H25N/c1-3-20(21-2)17-13-11-16(12-14-17)19-10-5-4-9-18(19)15-7-6-8-15/h4-5,9-15,20-21H,3,6-8H2,1-2H3. The Bertz CT molecular complexity index is 577. The summed E-state index contributed by atoms with van der Waals surface area (Å²) in [6.07, 6.45) is 5.21. The first-order chi connectivity index (χ1) is 10.3. The van der Waals surface area contributed by atoms with Crippen LogP contribution >= 0.6 is 0 Å². The molecule has 1 fully saturated rings. The summed E-state index contributed by atoms with van der Waals surface area (Å²) in [6.45, 7) is 2.22. The number of benzene rings is 2. The fourth-order valence-corrected chi connectivity index (χ4v) is 3.34. The average Bonchev–Trinajstić information content (AvgIpc) is 2.48. The van der Waals surface area contributed by atoms with Gasteiger partial charge in [0.2, 0.25) is 0 Å². The smallest absolute Gasteiger partial charge is 0.0314 e. The quantitative estimate of drug-likeness (QED) is 0.784. The molecule has 0 spiro atoms. The zero-order chi connectivity index (χ0) is 14.7. The molecule has 0 heterocycles. The van der Waals surface area contributed by atoms with Gasteiger partial charge < -0.3 is 5.32 Å². The fraction of sp³-hybridized carbons (Fsp3) is 0.400. The minimum atomic E-state index is 0.459. The summed E-state index contributed by atoms with van der Waals surface area (Å²) in [7, 11) is 2.04. The first-order valence-corrected chi connectivity index (χ1v) is 8.20. The predicted octanol–water partition coefficient (Wildman–Crippen LogP) is 5.29. The summed E-state index contributed by atoms with van der Waals surface area (Å²) in [5, 5.41) is 3.38. The van der Waals surface area contributed by atoms with Gasteiger partial charge in [0.1, 0.15) is 0 Å². The van der Waals surface area contributed by atoms with Crippen molar-refractivity contribution in [3.05, 3.63) is 59.7 Å². The van der Waals surface area contributed by atoms with E-state index in [2.05, 4.69) is 60.8 Å². The summed E-state index contributed by atoms with van der Waals surface area (Å²) >= 11 is 0. The Balaban J connectivity index is 1.90. The lowest BCUT2D eigenvalue weighted by Gasteiger charge is -2.28. The third-order valence-corrected chi connectivity index (χ3v) is 4.89. The van der Waals surface area contributed by atoms with Crippen molar-refractivity contribution in [1.82, 2.24) is 5.32 Å². The van der Waals surface area contributed by atoms with Crippen molar-refractivity contribution in [1.29, 1.82) is 0 Å². The SMILES string of the molecule is CCC(NC)c1ccc(-c2ccccc2C2CCC2)cc1. The van der Waals surface area contributed by atoms with Gasteiger partial charge in [0.05, 0.1) is 0 Å². The van der Waals surface area contributed by atoms with Crippen LogP contribution in [0.2, 0.25) is 0 Å². The van der Waals surface area contributed by atoms with Crippen LogP contribution in [0, 0.1) is 0 Å². The van der Waals surface area contributed by atoms with Crippen LogP contribution in [0.25, 0.3) is 11.1 Å². The predicted molar refractivity (Wildman–Crippen MR) is 90.6 cm³/mol. The lowest BCUT2D eigenvalue weighted by molar-refractivity contribution is 0.420. The van der Waals surface area contributed by atoms with E-state index in [4.69, 9.17) is 0 Å². The average molecular weight is 279 g/mol. The van der Waals surface area contributed by atoms with E-state index in [1.807, 2.05) is 7.05 Å².